The van der Waals surface area contributed by atoms with Gasteiger partial charge in [-0.3, -0.25) is 4.90 Å². The average Bonchev–Trinajstić information content (AvgIpc) is 2.51. The third-order valence-electron chi connectivity index (χ3n) is 4.20. The van der Waals surface area contributed by atoms with Crippen LogP contribution in [-0.2, 0) is 0 Å². The lowest BCUT2D eigenvalue weighted by Gasteiger charge is -2.37. The molecule has 0 radical (unpaired) electrons. The summed E-state index contributed by atoms with van der Waals surface area (Å²) in [6.07, 6.45) is 5.03. The third kappa shape index (κ3) is 11.4. The quantitative estimate of drug-likeness (QED) is 0.663. The number of likely N-dealkylation sites (N-methyl/N-ethyl adjacent to an activating group) is 2. The van der Waals surface area contributed by atoms with Crippen LogP contribution in [0.1, 0.15) is 32.6 Å². The highest BCUT2D eigenvalue weighted by Crippen LogP contribution is 2.15. The van der Waals surface area contributed by atoms with Gasteiger partial charge in [0.2, 0.25) is 0 Å². The molecule has 22 heavy (non-hydrogen) atoms. The minimum Gasteiger partial charge on any atom is -0.395 e. The summed E-state index contributed by atoms with van der Waals surface area (Å²) in [5.41, 5.74) is 0. The van der Waals surface area contributed by atoms with Crippen LogP contribution in [-0.4, -0.2) is 99.9 Å². The number of likely N-dealkylation sites (tertiary alicyclic amines) is 1. The fourth-order valence-electron chi connectivity index (χ4n) is 2.66. The second-order valence-electron chi connectivity index (χ2n) is 6.55. The van der Waals surface area contributed by atoms with Crippen molar-refractivity contribution in [3.05, 3.63) is 0 Å². The van der Waals surface area contributed by atoms with E-state index in [-0.39, 0.29) is 0 Å². The Morgan fingerprint density at radius 1 is 1.14 bits per heavy atom. The smallest absolute Gasteiger partial charge is 0.0558 e. The van der Waals surface area contributed by atoms with Gasteiger partial charge in [0.05, 0.1) is 6.61 Å². The van der Waals surface area contributed by atoms with Crippen LogP contribution in [0.5, 0.6) is 0 Å². The van der Waals surface area contributed by atoms with Gasteiger partial charge in [-0.2, -0.15) is 0 Å². The molecule has 0 bridgehead atoms. The van der Waals surface area contributed by atoms with Crippen molar-refractivity contribution in [3.63, 3.8) is 0 Å². The summed E-state index contributed by atoms with van der Waals surface area (Å²) >= 11 is 0. The predicted molar refractivity (Wildman–Crippen MR) is 96.6 cm³/mol. The highest BCUT2D eigenvalue weighted by molar-refractivity contribution is 4.78. The standard InChI is InChI=1S/C12H26N2O.C5H14N2/c1-3-4-7-14(10-11-15)12-5-8-13(2)9-6-12;1-6-4-5-7(2)3/h12,15H,3-11H2,1-2H3;6H,4-5H2,1-3H3. The van der Waals surface area contributed by atoms with Crippen molar-refractivity contribution in [3.8, 4) is 0 Å². The SMILES string of the molecule is CCCCN(CCO)C1CCN(C)CC1.CNCCN(C)C. The van der Waals surface area contributed by atoms with Crippen LogP contribution in [0.25, 0.3) is 0 Å². The molecule has 5 nitrogen and oxygen atoms in total. The van der Waals surface area contributed by atoms with E-state index in [1.54, 1.807) is 0 Å². The first-order valence-electron chi connectivity index (χ1n) is 8.87. The summed E-state index contributed by atoms with van der Waals surface area (Å²) < 4.78 is 0. The van der Waals surface area contributed by atoms with E-state index in [1.807, 2.05) is 7.05 Å². The molecule has 1 aliphatic rings. The van der Waals surface area contributed by atoms with E-state index < -0.39 is 0 Å². The first-order chi connectivity index (χ1) is 10.5. The van der Waals surface area contributed by atoms with Gasteiger partial charge in [0.1, 0.15) is 0 Å². The lowest BCUT2D eigenvalue weighted by molar-refractivity contribution is 0.0988. The van der Waals surface area contributed by atoms with E-state index >= 15 is 0 Å². The number of unbranched alkanes of at least 4 members (excludes halogenated alkanes) is 1. The number of aliphatic hydroxyl groups excluding tert-OH is 1. The second-order valence-corrected chi connectivity index (χ2v) is 6.55. The Labute approximate surface area is 138 Å². The largest absolute Gasteiger partial charge is 0.395 e. The van der Waals surface area contributed by atoms with Crippen molar-refractivity contribution in [2.24, 2.45) is 0 Å². The topological polar surface area (TPSA) is 42.0 Å². The van der Waals surface area contributed by atoms with Crippen molar-refractivity contribution in [1.29, 1.82) is 0 Å². The summed E-state index contributed by atoms with van der Waals surface area (Å²) in [5.74, 6) is 0. The molecule has 0 amide bonds. The fourth-order valence-corrected chi connectivity index (χ4v) is 2.66. The van der Waals surface area contributed by atoms with Gasteiger partial charge in [0, 0.05) is 25.7 Å². The van der Waals surface area contributed by atoms with Crippen molar-refractivity contribution < 1.29 is 5.11 Å². The molecule has 1 saturated heterocycles. The van der Waals surface area contributed by atoms with Crippen LogP contribution in [0.3, 0.4) is 0 Å². The lowest BCUT2D eigenvalue weighted by Crippen LogP contribution is -2.45. The highest BCUT2D eigenvalue weighted by atomic mass is 16.3. The molecular weight excluding hydrogens is 276 g/mol. The molecule has 0 unspecified atom stereocenters. The first kappa shape index (κ1) is 21.8. The Kier molecular flexibility index (Phi) is 14.3. The number of nitrogens with zero attached hydrogens (tertiary/aromatic N) is 3. The van der Waals surface area contributed by atoms with Gasteiger partial charge in [-0.15, -0.1) is 0 Å². The third-order valence-corrected chi connectivity index (χ3v) is 4.20. The average molecular weight is 317 g/mol. The summed E-state index contributed by atoms with van der Waals surface area (Å²) in [7, 11) is 8.29. The Morgan fingerprint density at radius 2 is 1.77 bits per heavy atom. The summed E-state index contributed by atoms with van der Waals surface area (Å²) in [6.45, 7) is 9.16. The molecule has 0 aromatic rings. The number of hydrogen-bond acceptors (Lipinski definition) is 5. The lowest BCUT2D eigenvalue weighted by atomic mass is 10.0. The Balaban J connectivity index is 0.000000534. The summed E-state index contributed by atoms with van der Waals surface area (Å²) in [6, 6.07) is 0.708. The second kappa shape index (κ2) is 14.4. The molecule has 0 spiro atoms. The van der Waals surface area contributed by atoms with Crippen LogP contribution >= 0.6 is 0 Å². The maximum Gasteiger partial charge on any atom is 0.0558 e. The molecule has 0 aromatic heterocycles. The molecule has 0 aliphatic carbocycles. The number of hydrogen-bond donors (Lipinski definition) is 2. The molecule has 1 heterocycles. The van der Waals surface area contributed by atoms with Crippen LogP contribution in [0.2, 0.25) is 0 Å². The van der Waals surface area contributed by atoms with Gasteiger partial charge in [-0.05, 0) is 67.1 Å². The normalized spacial score (nSPS) is 16.9. The first-order valence-corrected chi connectivity index (χ1v) is 8.87. The monoisotopic (exact) mass is 316 g/mol. The molecule has 0 saturated carbocycles. The van der Waals surface area contributed by atoms with E-state index in [2.05, 4.69) is 48.1 Å². The molecule has 0 aromatic carbocycles. The van der Waals surface area contributed by atoms with Crippen LogP contribution in [0.15, 0.2) is 0 Å². The van der Waals surface area contributed by atoms with Gasteiger partial charge in [-0.1, -0.05) is 13.3 Å². The van der Waals surface area contributed by atoms with Crippen molar-refractivity contribution in [1.82, 2.24) is 20.0 Å². The molecule has 1 fully saturated rings. The van der Waals surface area contributed by atoms with E-state index in [1.165, 1.54) is 38.8 Å². The summed E-state index contributed by atoms with van der Waals surface area (Å²) in [5, 5.41) is 12.1. The number of piperidine rings is 1. The molecule has 1 aliphatic heterocycles. The van der Waals surface area contributed by atoms with Crippen molar-refractivity contribution in [2.45, 2.75) is 38.6 Å². The van der Waals surface area contributed by atoms with E-state index in [0.29, 0.717) is 12.6 Å². The van der Waals surface area contributed by atoms with Gasteiger partial charge >= 0.3 is 0 Å². The Hall–Kier alpha value is -0.200. The molecule has 1 rings (SSSR count). The van der Waals surface area contributed by atoms with Crippen LogP contribution < -0.4 is 5.32 Å². The predicted octanol–water partition coefficient (Wildman–Crippen LogP) is 0.942. The maximum absolute atomic E-state index is 9.07. The highest BCUT2D eigenvalue weighted by Gasteiger charge is 2.21. The molecular formula is C17H40N4O. The number of rotatable bonds is 9. The fraction of sp³-hybridized carbons (Fsp3) is 1.00. The van der Waals surface area contributed by atoms with Crippen molar-refractivity contribution in [2.75, 3.05) is 74.1 Å². The molecule has 134 valence electrons. The molecule has 2 N–H and O–H groups in total. The zero-order valence-corrected chi connectivity index (χ0v) is 15.6. The van der Waals surface area contributed by atoms with Crippen LogP contribution in [0, 0.1) is 0 Å². The van der Waals surface area contributed by atoms with Gasteiger partial charge in [0.15, 0.2) is 0 Å². The maximum atomic E-state index is 9.07. The minimum absolute atomic E-state index is 0.302. The zero-order valence-electron chi connectivity index (χ0n) is 15.6. The Morgan fingerprint density at radius 3 is 2.18 bits per heavy atom. The van der Waals surface area contributed by atoms with E-state index in [9.17, 15) is 0 Å². The Bertz CT molecular complexity index is 231. The molecule has 0 atom stereocenters. The zero-order chi connectivity index (χ0) is 16.8. The van der Waals surface area contributed by atoms with E-state index in [0.717, 1.165) is 26.2 Å². The summed E-state index contributed by atoms with van der Waals surface area (Å²) in [4.78, 5) is 7.03. The van der Waals surface area contributed by atoms with Gasteiger partial charge in [-0.25, -0.2) is 0 Å². The van der Waals surface area contributed by atoms with Gasteiger partial charge < -0.3 is 20.2 Å². The van der Waals surface area contributed by atoms with Gasteiger partial charge in [0.25, 0.3) is 0 Å². The molecule has 5 heteroatoms. The number of aliphatic hydroxyl groups is 1. The van der Waals surface area contributed by atoms with Crippen LogP contribution in [0.4, 0.5) is 0 Å². The van der Waals surface area contributed by atoms with E-state index in [4.69, 9.17) is 5.11 Å². The minimum atomic E-state index is 0.302. The number of nitrogens with one attached hydrogen (secondary N) is 1. The van der Waals surface area contributed by atoms with Crippen molar-refractivity contribution >= 4 is 0 Å².